The van der Waals surface area contributed by atoms with Crippen LogP contribution >= 0.6 is 0 Å². The van der Waals surface area contributed by atoms with Crippen LogP contribution in [0.1, 0.15) is 12.0 Å². The molecule has 0 aromatic carbocycles. The van der Waals surface area contributed by atoms with Crippen molar-refractivity contribution in [1.82, 2.24) is 4.98 Å². The first-order valence-corrected chi connectivity index (χ1v) is 6.67. The molecule has 0 radical (unpaired) electrons. The van der Waals surface area contributed by atoms with Gasteiger partial charge >= 0.3 is 0 Å². The lowest BCUT2D eigenvalue weighted by atomic mass is 10.0. The fourth-order valence-electron chi connectivity index (χ4n) is 2.77. The summed E-state index contributed by atoms with van der Waals surface area (Å²) < 4.78 is 11.3. The van der Waals surface area contributed by atoms with Gasteiger partial charge in [0.25, 0.3) is 5.69 Å². The van der Waals surface area contributed by atoms with Gasteiger partial charge in [-0.15, -0.1) is 0 Å². The van der Waals surface area contributed by atoms with Crippen LogP contribution in [-0.4, -0.2) is 48.4 Å². The van der Waals surface area contributed by atoms with Gasteiger partial charge in [-0.2, -0.15) is 0 Å². The molecule has 7 heteroatoms. The lowest BCUT2D eigenvalue weighted by molar-refractivity contribution is -0.385. The fraction of sp³-hybridized carbons (Fsp3) is 0.615. The highest BCUT2D eigenvalue weighted by Gasteiger charge is 2.40. The third-order valence-electron chi connectivity index (χ3n) is 3.91. The van der Waals surface area contributed by atoms with Gasteiger partial charge < -0.3 is 14.4 Å². The van der Waals surface area contributed by atoms with Crippen molar-refractivity contribution in [2.45, 2.75) is 18.9 Å². The zero-order valence-electron chi connectivity index (χ0n) is 11.4. The van der Waals surface area contributed by atoms with Gasteiger partial charge in [-0.25, -0.2) is 4.98 Å². The molecule has 1 spiro atoms. The average molecular weight is 279 g/mol. The summed E-state index contributed by atoms with van der Waals surface area (Å²) in [4.78, 5) is 16.8. The molecule has 108 valence electrons. The van der Waals surface area contributed by atoms with Gasteiger partial charge in [0.15, 0.2) is 0 Å². The minimum absolute atomic E-state index is 0.0564. The maximum atomic E-state index is 10.8. The summed E-state index contributed by atoms with van der Waals surface area (Å²) >= 11 is 0. The highest BCUT2D eigenvalue weighted by atomic mass is 16.6. The van der Waals surface area contributed by atoms with Gasteiger partial charge in [-0.1, -0.05) is 0 Å². The number of aryl methyl sites for hydroxylation is 1. The Morgan fingerprint density at radius 2 is 2.35 bits per heavy atom. The van der Waals surface area contributed by atoms with E-state index >= 15 is 0 Å². The standard InChI is InChI=1S/C13H17N3O4/c1-10-6-12(14-7-11(10)16(17)18)15-3-5-20-13(8-15)2-4-19-9-13/h6-7H,2-5,8-9H2,1H3. The minimum atomic E-state index is -0.405. The molecule has 7 nitrogen and oxygen atoms in total. The quantitative estimate of drug-likeness (QED) is 0.599. The van der Waals surface area contributed by atoms with Crippen molar-refractivity contribution in [2.75, 3.05) is 37.8 Å². The number of ether oxygens (including phenoxy) is 2. The van der Waals surface area contributed by atoms with E-state index in [0.29, 0.717) is 18.8 Å². The van der Waals surface area contributed by atoms with Crippen LogP contribution < -0.4 is 4.90 Å². The Balaban J connectivity index is 1.82. The van der Waals surface area contributed by atoms with Crippen molar-refractivity contribution in [1.29, 1.82) is 0 Å². The SMILES string of the molecule is Cc1cc(N2CCOC3(CCOC3)C2)ncc1[N+](=O)[O-]. The number of pyridine rings is 1. The van der Waals surface area contributed by atoms with Crippen molar-refractivity contribution in [3.05, 3.63) is 27.9 Å². The first kappa shape index (κ1) is 13.3. The van der Waals surface area contributed by atoms with E-state index < -0.39 is 4.92 Å². The zero-order chi connectivity index (χ0) is 14.2. The molecule has 3 rings (SSSR count). The highest BCUT2D eigenvalue weighted by molar-refractivity contribution is 5.49. The molecule has 0 aliphatic carbocycles. The number of hydrogen-bond donors (Lipinski definition) is 0. The number of nitro groups is 1. The smallest absolute Gasteiger partial charge is 0.290 e. The summed E-state index contributed by atoms with van der Waals surface area (Å²) in [5.41, 5.74) is 0.444. The molecule has 2 aliphatic rings. The van der Waals surface area contributed by atoms with E-state index in [1.54, 1.807) is 13.0 Å². The second-order valence-corrected chi connectivity index (χ2v) is 5.34. The maximum absolute atomic E-state index is 10.8. The van der Waals surface area contributed by atoms with Crippen LogP contribution in [0.25, 0.3) is 0 Å². The maximum Gasteiger partial charge on any atom is 0.290 e. The van der Waals surface area contributed by atoms with Gasteiger partial charge in [0.1, 0.15) is 17.6 Å². The van der Waals surface area contributed by atoms with Gasteiger partial charge in [-0.3, -0.25) is 10.1 Å². The lowest BCUT2D eigenvalue weighted by Crippen LogP contribution is -2.52. The summed E-state index contributed by atoms with van der Waals surface area (Å²) in [5.74, 6) is 0.766. The molecule has 0 bridgehead atoms. The van der Waals surface area contributed by atoms with Crippen LogP contribution in [-0.2, 0) is 9.47 Å². The van der Waals surface area contributed by atoms with E-state index in [0.717, 1.165) is 31.9 Å². The fourth-order valence-corrected chi connectivity index (χ4v) is 2.77. The molecule has 0 amide bonds. The number of nitrogens with zero attached hydrogens (tertiary/aromatic N) is 3. The van der Waals surface area contributed by atoms with Crippen molar-refractivity contribution in [3.8, 4) is 0 Å². The summed E-state index contributed by atoms with van der Waals surface area (Å²) in [6.07, 6.45) is 2.22. The number of anilines is 1. The topological polar surface area (TPSA) is 77.7 Å². The number of morpholine rings is 1. The third-order valence-corrected chi connectivity index (χ3v) is 3.91. The Kier molecular flexibility index (Phi) is 3.31. The molecule has 1 aromatic heterocycles. The predicted molar refractivity (Wildman–Crippen MR) is 72.0 cm³/mol. The molecule has 2 aliphatic heterocycles. The molecule has 1 aromatic rings. The first-order valence-electron chi connectivity index (χ1n) is 6.67. The van der Waals surface area contributed by atoms with E-state index in [2.05, 4.69) is 9.88 Å². The summed E-state index contributed by atoms with van der Waals surface area (Å²) in [5, 5.41) is 10.8. The van der Waals surface area contributed by atoms with E-state index in [1.165, 1.54) is 6.20 Å². The molecule has 0 N–H and O–H groups in total. The van der Waals surface area contributed by atoms with Crippen LogP contribution in [0.3, 0.4) is 0 Å². The molecule has 1 atom stereocenters. The summed E-state index contributed by atoms with van der Waals surface area (Å²) in [7, 11) is 0. The second kappa shape index (κ2) is 4.99. The molecule has 2 saturated heterocycles. The number of aromatic nitrogens is 1. The normalized spacial score (nSPS) is 26.1. The van der Waals surface area contributed by atoms with Crippen LogP contribution in [0.5, 0.6) is 0 Å². The van der Waals surface area contributed by atoms with E-state index in [-0.39, 0.29) is 11.3 Å². The van der Waals surface area contributed by atoms with Crippen LogP contribution in [0.15, 0.2) is 12.3 Å². The first-order chi connectivity index (χ1) is 9.60. The molecular formula is C13H17N3O4. The Hall–Kier alpha value is -1.73. The Morgan fingerprint density at radius 1 is 1.50 bits per heavy atom. The summed E-state index contributed by atoms with van der Waals surface area (Å²) in [6.45, 7) is 5.15. The molecule has 1 unspecified atom stereocenters. The number of hydrogen-bond acceptors (Lipinski definition) is 6. The highest BCUT2D eigenvalue weighted by Crippen LogP contribution is 2.30. The average Bonchev–Trinajstić information content (AvgIpc) is 2.86. The van der Waals surface area contributed by atoms with Crippen LogP contribution in [0.2, 0.25) is 0 Å². The zero-order valence-corrected chi connectivity index (χ0v) is 11.4. The monoisotopic (exact) mass is 279 g/mol. The minimum Gasteiger partial charge on any atom is -0.378 e. The van der Waals surface area contributed by atoms with E-state index in [4.69, 9.17) is 9.47 Å². The molecular weight excluding hydrogens is 262 g/mol. The Morgan fingerprint density at radius 3 is 3.00 bits per heavy atom. The van der Waals surface area contributed by atoms with Gasteiger partial charge in [0.05, 0.1) is 24.7 Å². The van der Waals surface area contributed by atoms with Crippen molar-refractivity contribution in [3.63, 3.8) is 0 Å². The lowest BCUT2D eigenvalue weighted by Gasteiger charge is -2.40. The van der Waals surface area contributed by atoms with Crippen LogP contribution in [0.4, 0.5) is 11.5 Å². The van der Waals surface area contributed by atoms with Crippen LogP contribution in [0, 0.1) is 17.0 Å². The van der Waals surface area contributed by atoms with Gasteiger partial charge in [-0.05, 0) is 13.0 Å². The van der Waals surface area contributed by atoms with E-state index in [1.807, 2.05) is 0 Å². The van der Waals surface area contributed by atoms with Gasteiger partial charge in [0.2, 0.25) is 0 Å². The largest absolute Gasteiger partial charge is 0.378 e. The Labute approximate surface area is 116 Å². The molecule has 2 fully saturated rings. The van der Waals surface area contributed by atoms with Crippen molar-refractivity contribution in [2.24, 2.45) is 0 Å². The molecule has 0 saturated carbocycles. The predicted octanol–water partition coefficient (Wildman–Crippen LogP) is 1.29. The van der Waals surface area contributed by atoms with Crippen molar-refractivity contribution >= 4 is 11.5 Å². The summed E-state index contributed by atoms with van der Waals surface area (Å²) in [6, 6.07) is 1.77. The molecule has 20 heavy (non-hydrogen) atoms. The molecule has 3 heterocycles. The number of rotatable bonds is 2. The van der Waals surface area contributed by atoms with E-state index in [9.17, 15) is 10.1 Å². The Bertz CT molecular complexity index is 528. The van der Waals surface area contributed by atoms with Gasteiger partial charge in [0, 0.05) is 25.1 Å². The third kappa shape index (κ3) is 2.34. The van der Waals surface area contributed by atoms with Crippen molar-refractivity contribution < 1.29 is 14.4 Å². The second-order valence-electron chi connectivity index (χ2n) is 5.34.